The van der Waals surface area contributed by atoms with Crippen LogP contribution in [-0.2, 0) is 4.79 Å². The van der Waals surface area contributed by atoms with Gasteiger partial charge in [-0.2, -0.15) is 0 Å². The molecule has 0 aromatic rings. The molecule has 1 unspecified atom stereocenters. The third kappa shape index (κ3) is 7.71. The first kappa shape index (κ1) is 13.7. The van der Waals surface area contributed by atoms with Gasteiger partial charge in [-0.25, -0.2) is 9.59 Å². The lowest BCUT2D eigenvalue weighted by atomic mass is 10.4. The Hall–Kier alpha value is -1.34. The topological polar surface area (TPSA) is 102 Å². The van der Waals surface area contributed by atoms with Crippen LogP contribution in [0, 0.1) is 0 Å². The van der Waals surface area contributed by atoms with Crippen molar-refractivity contribution in [1.29, 1.82) is 0 Å². The Kier molecular flexibility index (Phi) is 6.39. The number of aliphatic carboxylic acids is 1. The van der Waals surface area contributed by atoms with Crippen molar-refractivity contribution in [2.75, 3.05) is 33.7 Å². The Bertz CT molecular complexity index is 220. The van der Waals surface area contributed by atoms with Crippen LogP contribution in [-0.4, -0.2) is 66.9 Å². The molecule has 0 spiro atoms. The highest BCUT2D eigenvalue weighted by Gasteiger charge is 2.13. The highest BCUT2D eigenvalue weighted by Crippen LogP contribution is 1.79. The number of hydrogen-bond donors (Lipinski definition) is 4. The standard InChI is InChI=1S/C8H17N3O4/c1-11(2)4-3-9-8(15)10-5-6(12)7(13)14/h6,12H,3-5H2,1-2H3,(H,13,14)(H2,9,10,15). The number of nitrogens with zero attached hydrogens (tertiary/aromatic N) is 1. The van der Waals surface area contributed by atoms with Crippen LogP contribution in [0.5, 0.6) is 0 Å². The van der Waals surface area contributed by atoms with Gasteiger partial charge in [0.15, 0.2) is 6.10 Å². The third-order valence-corrected chi connectivity index (χ3v) is 1.59. The Morgan fingerprint density at radius 3 is 2.40 bits per heavy atom. The number of aliphatic hydroxyl groups is 1. The summed E-state index contributed by atoms with van der Waals surface area (Å²) in [6, 6.07) is -0.489. The van der Waals surface area contributed by atoms with Gasteiger partial charge in [-0.1, -0.05) is 0 Å². The van der Waals surface area contributed by atoms with Gasteiger partial charge in [0, 0.05) is 13.1 Å². The first-order valence-electron chi connectivity index (χ1n) is 4.50. The van der Waals surface area contributed by atoms with Crippen LogP contribution >= 0.6 is 0 Å². The molecule has 0 saturated carbocycles. The van der Waals surface area contributed by atoms with Crippen LogP contribution < -0.4 is 10.6 Å². The number of rotatable bonds is 6. The lowest BCUT2D eigenvalue weighted by Crippen LogP contribution is -2.43. The van der Waals surface area contributed by atoms with E-state index in [4.69, 9.17) is 10.2 Å². The van der Waals surface area contributed by atoms with Gasteiger partial charge in [0.1, 0.15) is 0 Å². The summed E-state index contributed by atoms with van der Waals surface area (Å²) >= 11 is 0. The highest BCUT2D eigenvalue weighted by molar-refractivity contribution is 5.76. The van der Waals surface area contributed by atoms with Crippen molar-refractivity contribution in [3.05, 3.63) is 0 Å². The highest BCUT2D eigenvalue weighted by atomic mass is 16.4. The predicted molar refractivity (Wildman–Crippen MR) is 53.6 cm³/mol. The maximum absolute atomic E-state index is 11.0. The van der Waals surface area contributed by atoms with Gasteiger partial charge in [0.2, 0.25) is 0 Å². The summed E-state index contributed by atoms with van der Waals surface area (Å²) in [6.45, 7) is 0.847. The molecule has 7 nitrogen and oxygen atoms in total. The average molecular weight is 219 g/mol. The molecule has 15 heavy (non-hydrogen) atoms. The molecule has 0 bridgehead atoms. The van der Waals surface area contributed by atoms with Crippen molar-refractivity contribution in [1.82, 2.24) is 15.5 Å². The second-order valence-corrected chi connectivity index (χ2v) is 3.29. The van der Waals surface area contributed by atoms with Crippen molar-refractivity contribution in [2.24, 2.45) is 0 Å². The van der Waals surface area contributed by atoms with Gasteiger partial charge < -0.3 is 25.7 Å². The number of nitrogens with one attached hydrogen (secondary N) is 2. The molecule has 0 aliphatic carbocycles. The first-order chi connectivity index (χ1) is 6.93. The molecule has 4 N–H and O–H groups in total. The van der Waals surface area contributed by atoms with Crippen molar-refractivity contribution >= 4 is 12.0 Å². The molecular formula is C8H17N3O4. The van der Waals surface area contributed by atoms with E-state index >= 15 is 0 Å². The van der Waals surface area contributed by atoms with E-state index < -0.39 is 18.1 Å². The van der Waals surface area contributed by atoms with Gasteiger partial charge in [-0.3, -0.25) is 0 Å². The van der Waals surface area contributed by atoms with Crippen molar-refractivity contribution < 1.29 is 19.8 Å². The lowest BCUT2D eigenvalue weighted by molar-refractivity contribution is -0.146. The quantitative estimate of drug-likeness (QED) is 0.426. The summed E-state index contributed by atoms with van der Waals surface area (Å²) in [5.41, 5.74) is 0. The fourth-order valence-corrected chi connectivity index (χ4v) is 0.732. The zero-order chi connectivity index (χ0) is 11.8. The van der Waals surface area contributed by atoms with E-state index in [1.807, 2.05) is 19.0 Å². The molecule has 7 heteroatoms. The third-order valence-electron chi connectivity index (χ3n) is 1.59. The monoisotopic (exact) mass is 219 g/mol. The number of hydrogen-bond acceptors (Lipinski definition) is 4. The Morgan fingerprint density at radius 2 is 1.93 bits per heavy atom. The number of aliphatic hydroxyl groups excluding tert-OH is 1. The molecule has 0 fully saturated rings. The molecule has 0 rings (SSSR count). The van der Waals surface area contributed by atoms with Crippen molar-refractivity contribution in [3.63, 3.8) is 0 Å². The van der Waals surface area contributed by atoms with Gasteiger partial charge in [-0.05, 0) is 14.1 Å². The zero-order valence-corrected chi connectivity index (χ0v) is 8.86. The number of carboxylic acid groups (broad SMARTS) is 1. The summed E-state index contributed by atoms with van der Waals surface area (Å²) in [7, 11) is 3.74. The maximum Gasteiger partial charge on any atom is 0.334 e. The fourth-order valence-electron chi connectivity index (χ4n) is 0.732. The van der Waals surface area contributed by atoms with Crippen LogP contribution in [0.1, 0.15) is 0 Å². The Morgan fingerprint density at radius 1 is 1.33 bits per heavy atom. The van der Waals surface area contributed by atoms with E-state index in [9.17, 15) is 9.59 Å². The van der Waals surface area contributed by atoms with E-state index in [1.54, 1.807) is 0 Å². The number of likely N-dealkylation sites (N-methyl/N-ethyl adjacent to an activating group) is 1. The molecule has 0 saturated heterocycles. The second kappa shape index (κ2) is 7.02. The summed E-state index contributed by atoms with van der Waals surface area (Å²) in [6.07, 6.45) is -1.57. The van der Waals surface area contributed by atoms with E-state index in [2.05, 4.69) is 10.6 Å². The average Bonchev–Trinajstić information content (AvgIpc) is 2.13. The molecule has 0 aromatic carbocycles. The SMILES string of the molecule is CN(C)CCNC(=O)NCC(O)C(=O)O. The summed E-state index contributed by atoms with van der Waals surface area (Å²) in [5, 5.41) is 21.9. The number of urea groups is 1. The zero-order valence-electron chi connectivity index (χ0n) is 8.86. The summed E-state index contributed by atoms with van der Waals surface area (Å²) < 4.78 is 0. The molecule has 0 radical (unpaired) electrons. The van der Waals surface area contributed by atoms with Crippen LogP contribution in [0.15, 0.2) is 0 Å². The molecule has 88 valence electrons. The van der Waals surface area contributed by atoms with Gasteiger partial charge in [-0.15, -0.1) is 0 Å². The number of amides is 2. The van der Waals surface area contributed by atoms with Crippen molar-refractivity contribution in [3.8, 4) is 0 Å². The summed E-state index contributed by atoms with van der Waals surface area (Å²) in [5.74, 6) is -1.36. The Balaban J connectivity index is 3.53. The predicted octanol–water partition coefficient (Wildman–Crippen LogP) is -1.71. The number of carbonyl (C=O) groups is 2. The molecule has 0 heterocycles. The largest absolute Gasteiger partial charge is 0.479 e. The molecular weight excluding hydrogens is 202 g/mol. The number of carbonyl (C=O) groups excluding carboxylic acids is 1. The smallest absolute Gasteiger partial charge is 0.334 e. The first-order valence-corrected chi connectivity index (χ1v) is 4.50. The van der Waals surface area contributed by atoms with E-state index in [-0.39, 0.29) is 6.54 Å². The van der Waals surface area contributed by atoms with Crippen LogP contribution in [0.25, 0.3) is 0 Å². The minimum atomic E-state index is -1.57. The normalized spacial score (nSPS) is 12.3. The minimum absolute atomic E-state index is 0.302. The Labute approximate surface area is 88.1 Å². The maximum atomic E-state index is 11.0. The molecule has 2 amide bonds. The number of carboxylic acids is 1. The van der Waals surface area contributed by atoms with Crippen LogP contribution in [0.2, 0.25) is 0 Å². The molecule has 0 aliphatic heterocycles. The van der Waals surface area contributed by atoms with E-state index in [0.717, 1.165) is 0 Å². The van der Waals surface area contributed by atoms with Crippen LogP contribution in [0.3, 0.4) is 0 Å². The van der Waals surface area contributed by atoms with Crippen LogP contribution in [0.4, 0.5) is 4.79 Å². The van der Waals surface area contributed by atoms with E-state index in [1.165, 1.54) is 0 Å². The summed E-state index contributed by atoms with van der Waals surface area (Å²) in [4.78, 5) is 23.1. The molecule has 1 atom stereocenters. The van der Waals surface area contributed by atoms with Gasteiger partial charge >= 0.3 is 12.0 Å². The molecule has 0 aliphatic rings. The minimum Gasteiger partial charge on any atom is -0.479 e. The van der Waals surface area contributed by atoms with Gasteiger partial charge in [0.05, 0.1) is 6.54 Å². The fraction of sp³-hybridized carbons (Fsp3) is 0.750. The van der Waals surface area contributed by atoms with Crippen molar-refractivity contribution in [2.45, 2.75) is 6.10 Å². The lowest BCUT2D eigenvalue weighted by Gasteiger charge is -2.12. The van der Waals surface area contributed by atoms with Gasteiger partial charge in [0.25, 0.3) is 0 Å². The second-order valence-electron chi connectivity index (χ2n) is 3.29. The molecule has 0 aromatic heterocycles. The van der Waals surface area contributed by atoms with E-state index in [0.29, 0.717) is 13.1 Å².